The van der Waals surface area contributed by atoms with Crippen LogP contribution in [-0.2, 0) is 14.8 Å². The van der Waals surface area contributed by atoms with Crippen LogP contribution in [0.5, 0.6) is 11.5 Å². The van der Waals surface area contributed by atoms with E-state index in [4.69, 9.17) is 14.2 Å². The van der Waals surface area contributed by atoms with Crippen molar-refractivity contribution < 1.29 is 32.2 Å². The predicted octanol–water partition coefficient (Wildman–Crippen LogP) is 2.61. The number of hydrogen-bond acceptors (Lipinski definition) is 7. The molecule has 0 aliphatic carbocycles. The summed E-state index contributed by atoms with van der Waals surface area (Å²) in [6.45, 7) is 3.84. The number of hydrogen-bond donors (Lipinski definition) is 2. The fraction of sp³-hybridized carbons (Fsp3) is 0.391. The first kappa shape index (κ1) is 23.7. The lowest BCUT2D eigenvalue weighted by atomic mass is 10.0. The molecule has 1 saturated heterocycles. The topological polar surface area (TPSA) is 123 Å². The van der Waals surface area contributed by atoms with Crippen LogP contribution >= 0.6 is 0 Å². The average Bonchev–Trinajstić information content (AvgIpc) is 2.84. The Morgan fingerprint density at radius 3 is 2.53 bits per heavy atom. The van der Waals surface area contributed by atoms with E-state index in [9.17, 15) is 18.0 Å². The Kier molecular flexibility index (Phi) is 7.11. The highest BCUT2D eigenvalue weighted by atomic mass is 32.2. The van der Waals surface area contributed by atoms with Crippen LogP contribution in [0.2, 0.25) is 0 Å². The van der Waals surface area contributed by atoms with Gasteiger partial charge in [0.1, 0.15) is 13.2 Å². The van der Waals surface area contributed by atoms with Gasteiger partial charge in [0.05, 0.1) is 11.5 Å². The monoisotopic (exact) mass is 489 g/mol. The van der Waals surface area contributed by atoms with Crippen LogP contribution in [0, 0.1) is 0 Å². The zero-order valence-corrected chi connectivity index (χ0v) is 19.6. The van der Waals surface area contributed by atoms with E-state index in [1.54, 1.807) is 36.1 Å². The van der Waals surface area contributed by atoms with Crippen LogP contribution in [0.3, 0.4) is 0 Å². The van der Waals surface area contributed by atoms with Gasteiger partial charge < -0.3 is 24.4 Å². The van der Waals surface area contributed by atoms with Crippen molar-refractivity contribution in [3.63, 3.8) is 0 Å². The van der Waals surface area contributed by atoms with Gasteiger partial charge in [0.15, 0.2) is 11.5 Å². The van der Waals surface area contributed by atoms with Gasteiger partial charge >= 0.3 is 6.09 Å². The second-order valence-electron chi connectivity index (χ2n) is 7.93. The summed E-state index contributed by atoms with van der Waals surface area (Å²) in [7, 11) is -3.90. The van der Waals surface area contributed by atoms with Crippen molar-refractivity contribution in [1.82, 2.24) is 10.2 Å². The number of piperidine rings is 1. The van der Waals surface area contributed by atoms with Gasteiger partial charge in [-0.3, -0.25) is 9.52 Å². The summed E-state index contributed by atoms with van der Waals surface area (Å²) in [6, 6.07) is 10.6. The van der Waals surface area contributed by atoms with Gasteiger partial charge in [-0.25, -0.2) is 13.2 Å². The number of carbonyl (C=O) groups excluding carboxylic acids is 2. The van der Waals surface area contributed by atoms with Crippen LogP contribution < -0.4 is 19.5 Å². The number of likely N-dealkylation sites (tertiary alicyclic amines) is 1. The largest absolute Gasteiger partial charge is 0.486 e. The quantitative estimate of drug-likeness (QED) is 0.639. The van der Waals surface area contributed by atoms with Gasteiger partial charge in [0, 0.05) is 36.4 Å². The molecule has 0 atom stereocenters. The third-order valence-corrected chi connectivity index (χ3v) is 6.94. The summed E-state index contributed by atoms with van der Waals surface area (Å²) in [5, 5.41) is 2.96. The molecule has 2 aliphatic rings. The number of amides is 2. The molecule has 0 saturated carbocycles. The van der Waals surface area contributed by atoms with Crippen molar-refractivity contribution in [3.8, 4) is 11.5 Å². The molecule has 10 nitrogen and oxygen atoms in total. The number of benzene rings is 2. The van der Waals surface area contributed by atoms with E-state index in [0.29, 0.717) is 62.8 Å². The van der Waals surface area contributed by atoms with Crippen molar-refractivity contribution in [3.05, 3.63) is 48.0 Å². The first-order chi connectivity index (χ1) is 16.4. The van der Waals surface area contributed by atoms with Crippen LogP contribution in [0.1, 0.15) is 30.1 Å². The molecular weight excluding hydrogens is 462 g/mol. The Hall–Kier alpha value is -3.47. The lowest BCUT2D eigenvalue weighted by Crippen LogP contribution is -2.46. The first-order valence-corrected chi connectivity index (χ1v) is 12.6. The summed E-state index contributed by atoms with van der Waals surface area (Å²) in [5.74, 6) is 0.558. The molecule has 1 fully saturated rings. The van der Waals surface area contributed by atoms with Crippen LogP contribution in [0.4, 0.5) is 10.5 Å². The van der Waals surface area contributed by atoms with Crippen molar-refractivity contribution in [2.75, 3.05) is 37.6 Å². The number of ether oxygens (including phenoxy) is 3. The molecule has 2 aromatic rings. The van der Waals surface area contributed by atoms with Crippen molar-refractivity contribution in [2.45, 2.75) is 30.7 Å². The summed E-state index contributed by atoms with van der Waals surface area (Å²) in [6.07, 6.45) is 0.882. The van der Waals surface area contributed by atoms with Crippen molar-refractivity contribution in [1.29, 1.82) is 0 Å². The van der Waals surface area contributed by atoms with Gasteiger partial charge in [-0.1, -0.05) is 6.07 Å². The van der Waals surface area contributed by atoms with Gasteiger partial charge in [-0.15, -0.1) is 0 Å². The molecule has 2 aromatic carbocycles. The Morgan fingerprint density at radius 1 is 1.06 bits per heavy atom. The van der Waals surface area contributed by atoms with Crippen molar-refractivity contribution in [2.24, 2.45) is 0 Å². The highest BCUT2D eigenvalue weighted by Crippen LogP contribution is 2.32. The van der Waals surface area contributed by atoms with Gasteiger partial charge in [0.25, 0.3) is 15.9 Å². The minimum atomic E-state index is -3.90. The Bertz CT molecular complexity index is 1160. The number of nitrogens with one attached hydrogen (secondary N) is 2. The van der Waals surface area contributed by atoms with E-state index in [2.05, 4.69) is 10.0 Å². The maximum Gasteiger partial charge on any atom is 0.409 e. The van der Waals surface area contributed by atoms with Gasteiger partial charge in [0.2, 0.25) is 0 Å². The molecule has 182 valence electrons. The van der Waals surface area contributed by atoms with E-state index >= 15 is 0 Å². The minimum absolute atomic E-state index is 0.0277. The lowest BCUT2D eigenvalue weighted by molar-refractivity contribution is 0.0860. The summed E-state index contributed by atoms with van der Waals surface area (Å²) < 4.78 is 44.1. The Labute approximate surface area is 198 Å². The van der Waals surface area contributed by atoms with E-state index in [1.807, 2.05) is 0 Å². The smallest absolute Gasteiger partial charge is 0.409 e. The molecular formula is C23H27N3O7S. The third-order valence-electron chi connectivity index (χ3n) is 5.56. The van der Waals surface area contributed by atoms with Gasteiger partial charge in [-0.2, -0.15) is 0 Å². The molecule has 0 bridgehead atoms. The van der Waals surface area contributed by atoms with Crippen LogP contribution in [0.25, 0.3) is 0 Å². The van der Waals surface area contributed by atoms with E-state index in [0.717, 1.165) is 0 Å². The zero-order chi connectivity index (χ0) is 24.1. The maximum absolute atomic E-state index is 12.9. The number of sulfonamides is 1. The fourth-order valence-corrected chi connectivity index (χ4v) is 4.88. The highest BCUT2D eigenvalue weighted by Gasteiger charge is 2.25. The number of nitrogens with zero attached hydrogens (tertiary/aromatic N) is 1. The number of rotatable bonds is 6. The van der Waals surface area contributed by atoms with E-state index in [1.165, 1.54) is 18.2 Å². The number of fused-ring (bicyclic) bond motifs is 1. The minimum Gasteiger partial charge on any atom is -0.486 e. The zero-order valence-electron chi connectivity index (χ0n) is 18.8. The third kappa shape index (κ3) is 5.53. The summed E-state index contributed by atoms with van der Waals surface area (Å²) >= 11 is 0. The lowest BCUT2D eigenvalue weighted by Gasteiger charge is -2.31. The molecule has 2 heterocycles. The molecule has 34 heavy (non-hydrogen) atoms. The predicted molar refractivity (Wildman–Crippen MR) is 124 cm³/mol. The molecule has 0 spiro atoms. The highest BCUT2D eigenvalue weighted by molar-refractivity contribution is 7.92. The molecule has 2 aliphatic heterocycles. The van der Waals surface area contributed by atoms with E-state index < -0.39 is 10.0 Å². The molecule has 11 heteroatoms. The Morgan fingerprint density at radius 2 is 1.79 bits per heavy atom. The molecule has 2 amide bonds. The second-order valence-corrected chi connectivity index (χ2v) is 9.61. The van der Waals surface area contributed by atoms with E-state index in [-0.39, 0.29) is 28.6 Å². The molecule has 0 radical (unpaired) electrons. The normalized spacial score (nSPS) is 16.0. The molecule has 0 aromatic heterocycles. The second kappa shape index (κ2) is 10.2. The maximum atomic E-state index is 12.9. The SMILES string of the molecule is CCOC(=O)N1CCC(NC(=O)c2cccc(NS(=O)(=O)c3ccc4c(c3)OCCO4)c2)CC1. The molecule has 2 N–H and O–H groups in total. The fourth-order valence-electron chi connectivity index (χ4n) is 3.82. The number of carbonyl (C=O) groups is 2. The summed E-state index contributed by atoms with van der Waals surface area (Å²) in [4.78, 5) is 26.2. The standard InChI is InChI=1S/C23H27N3O7S/c1-2-31-23(28)26-10-8-17(9-11-26)24-22(27)16-4-3-5-18(14-16)25-34(29,30)19-6-7-20-21(15-19)33-13-12-32-20/h3-7,14-15,17,25H,2,8-13H2,1H3,(H,24,27). The average molecular weight is 490 g/mol. The van der Waals surface area contributed by atoms with Gasteiger partial charge in [-0.05, 0) is 50.1 Å². The van der Waals surface area contributed by atoms with Crippen LogP contribution in [-0.4, -0.2) is 64.3 Å². The molecule has 0 unspecified atom stereocenters. The first-order valence-electron chi connectivity index (χ1n) is 11.1. The summed E-state index contributed by atoms with van der Waals surface area (Å²) in [5.41, 5.74) is 0.592. The molecule has 4 rings (SSSR count). The number of anilines is 1. The Balaban J connectivity index is 1.38. The van der Waals surface area contributed by atoms with Crippen molar-refractivity contribution >= 4 is 27.7 Å². The van der Waals surface area contributed by atoms with Crippen LogP contribution in [0.15, 0.2) is 47.4 Å².